The lowest BCUT2D eigenvalue weighted by molar-refractivity contribution is 0.0901. The van der Waals surface area contributed by atoms with E-state index < -0.39 is 0 Å². The molecule has 4 rings (SSSR count). The number of carbonyl (C=O) groups is 2. The van der Waals surface area contributed by atoms with Gasteiger partial charge in [-0.2, -0.15) is 5.10 Å². The lowest BCUT2D eigenvalue weighted by Crippen LogP contribution is -2.35. The smallest absolute Gasteiger partial charge is 0.288 e. The van der Waals surface area contributed by atoms with Crippen molar-refractivity contribution in [2.75, 3.05) is 0 Å². The van der Waals surface area contributed by atoms with Crippen molar-refractivity contribution in [2.45, 2.75) is 52.6 Å². The highest BCUT2D eigenvalue weighted by Gasteiger charge is 2.29. The Morgan fingerprint density at radius 2 is 1.84 bits per heavy atom. The number of amides is 2. The highest BCUT2D eigenvalue weighted by atomic mass is 16.4. The highest BCUT2D eigenvalue weighted by molar-refractivity contribution is 5.92. The number of oxazole rings is 1. The summed E-state index contributed by atoms with van der Waals surface area (Å²) in [6.07, 6.45) is 3.72. The second-order valence-electron chi connectivity index (χ2n) is 8.72. The molecule has 0 aliphatic heterocycles. The summed E-state index contributed by atoms with van der Waals surface area (Å²) in [5, 5.41) is 12.7. The van der Waals surface area contributed by atoms with Crippen LogP contribution >= 0.6 is 0 Å². The first kappa shape index (κ1) is 21.7. The maximum atomic E-state index is 12.4. The van der Waals surface area contributed by atoms with Crippen molar-refractivity contribution in [2.24, 2.45) is 11.8 Å². The van der Waals surface area contributed by atoms with Crippen molar-refractivity contribution in [3.63, 3.8) is 0 Å². The zero-order valence-electron chi connectivity index (χ0n) is 18.7. The van der Waals surface area contributed by atoms with E-state index in [9.17, 15) is 9.59 Å². The molecule has 0 spiro atoms. The van der Waals surface area contributed by atoms with Crippen LogP contribution in [0.25, 0.3) is 22.8 Å². The second-order valence-corrected chi connectivity index (χ2v) is 8.72. The molecule has 9 nitrogen and oxygen atoms in total. The van der Waals surface area contributed by atoms with Crippen LogP contribution in [-0.2, 0) is 0 Å². The molecule has 1 aliphatic rings. The minimum Gasteiger partial charge on any atom is -0.431 e. The number of hydrogen-bond donors (Lipinski definition) is 3. The van der Waals surface area contributed by atoms with E-state index in [0.717, 1.165) is 12.8 Å². The molecule has 2 aromatic heterocycles. The molecule has 1 saturated carbocycles. The molecule has 2 unspecified atom stereocenters. The minimum atomic E-state index is -0.300. The number of nitrogens with one attached hydrogen (secondary N) is 3. The Balaban J connectivity index is 1.47. The molecular weight excluding hydrogens is 408 g/mol. The summed E-state index contributed by atoms with van der Waals surface area (Å²) in [5.74, 6) is 1.34. The van der Waals surface area contributed by atoms with Crippen molar-refractivity contribution in [1.29, 1.82) is 0 Å². The molecule has 2 heterocycles. The third kappa shape index (κ3) is 4.87. The normalized spacial score (nSPS) is 15.4. The first-order valence-corrected chi connectivity index (χ1v) is 10.9. The Bertz CT molecular complexity index is 1040. The van der Waals surface area contributed by atoms with E-state index in [1.807, 2.05) is 52.0 Å². The van der Waals surface area contributed by atoms with Crippen molar-refractivity contribution < 1.29 is 14.0 Å². The Morgan fingerprint density at radius 1 is 1.09 bits per heavy atom. The van der Waals surface area contributed by atoms with Crippen molar-refractivity contribution in [3.8, 4) is 22.8 Å². The number of benzene rings is 1. The van der Waals surface area contributed by atoms with Gasteiger partial charge in [0.1, 0.15) is 0 Å². The van der Waals surface area contributed by atoms with Gasteiger partial charge in [0.25, 0.3) is 11.8 Å². The third-order valence-electron chi connectivity index (χ3n) is 5.84. The van der Waals surface area contributed by atoms with Crippen molar-refractivity contribution in [3.05, 3.63) is 42.0 Å². The number of aromatic amines is 1. The van der Waals surface area contributed by atoms with Crippen LogP contribution in [0.5, 0.6) is 0 Å². The zero-order valence-corrected chi connectivity index (χ0v) is 18.7. The molecule has 1 aromatic carbocycles. The van der Waals surface area contributed by atoms with Crippen LogP contribution in [0.3, 0.4) is 0 Å². The van der Waals surface area contributed by atoms with Gasteiger partial charge in [-0.15, -0.1) is 0 Å². The van der Waals surface area contributed by atoms with Gasteiger partial charge < -0.3 is 15.1 Å². The number of hydrogen-bond acceptors (Lipinski definition) is 6. The molecule has 9 heteroatoms. The van der Waals surface area contributed by atoms with Crippen LogP contribution in [0.15, 0.2) is 34.9 Å². The molecule has 1 aliphatic carbocycles. The summed E-state index contributed by atoms with van der Waals surface area (Å²) < 4.78 is 5.68. The van der Waals surface area contributed by atoms with E-state index in [0.29, 0.717) is 34.7 Å². The summed E-state index contributed by atoms with van der Waals surface area (Å²) >= 11 is 0. The fraction of sp³-hybridized carbons (Fsp3) is 0.435. The van der Waals surface area contributed by atoms with Crippen molar-refractivity contribution in [1.82, 2.24) is 30.8 Å². The quantitative estimate of drug-likeness (QED) is 0.497. The number of nitrogens with zero attached hydrogens (tertiary/aromatic N) is 3. The average molecular weight is 437 g/mol. The monoisotopic (exact) mass is 436 g/mol. The molecule has 2 amide bonds. The third-order valence-corrected chi connectivity index (χ3v) is 5.84. The van der Waals surface area contributed by atoms with Crippen LogP contribution in [0.4, 0.5) is 0 Å². The summed E-state index contributed by atoms with van der Waals surface area (Å²) in [6.45, 7) is 8.02. The SMILES string of the molecule is CC(C)C(C)NC(=O)c1cnc(-c2cccc(-c3n[nH]c(C(=O)NC(C)C4CC4)n3)c2)o1. The van der Waals surface area contributed by atoms with Gasteiger partial charge in [-0.1, -0.05) is 26.0 Å². The number of aromatic nitrogens is 4. The predicted molar refractivity (Wildman–Crippen MR) is 119 cm³/mol. The Labute approximate surface area is 186 Å². The van der Waals surface area contributed by atoms with Crippen LogP contribution in [0, 0.1) is 11.8 Å². The fourth-order valence-electron chi connectivity index (χ4n) is 3.23. The molecule has 0 saturated heterocycles. The van der Waals surface area contributed by atoms with E-state index in [4.69, 9.17) is 4.42 Å². The van der Waals surface area contributed by atoms with E-state index in [2.05, 4.69) is 30.8 Å². The van der Waals surface area contributed by atoms with E-state index in [1.165, 1.54) is 6.20 Å². The van der Waals surface area contributed by atoms with Gasteiger partial charge in [0.2, 0.25) is 17.5 Å². The van der Waals surface area contributed by atoms with Gasteiger partial charge in [0.15, 0.2) is 5.82 Å². The highest BCUT2D eigenvalue weighted by Crippen LogP contribution is 2.32. The van der Waals surface area contributed by atoms with Crippen LogP contribution in [0.2, 0.25) is 0 Å². The standard InChI is InChI=1S/C23H28N6O3/c1-12(2)13(3)25-21(30)18-11-24-23(32-18)17-7-5-6-16(10-17)19-27-20(29-28-19)22(31)26-14(4)15-8-9-15/h5-7,10-15H,8-9H2,1-4H3,(H,25,30)(H,26,31)(H,27,28,29). The van der Waals surface area contributed by atoms with E-state index >= 15 is 0 Å². The first-order valence-electron chi connectivity index (χ1n) is 10.9. The summed E-state index contributed by atoms with van der Waals surface area (Å²) in [6, 6.07) is 7.43. The second kappa shape index (κ2) is 8.94. The number of H-pyrrole nitrogens is 1. The Hall–Kier alpha value is -3.49. The zero-order chi connectivity index (χ0) is 22.8. The van der Waals surface area contributed by atoms with Gasteiger partial charge in [0, 0.05) is 23.2 Å². The van der Waals surface area contributed by atoms with Crippen LogP contribution in [0.1, 0.15) is 61.7 Å². The fourth-order valence-corrected chi connectivity index (χ4v) is 3.23. The molecule has 2 atom stereocenters. The average Bonchev–Trinajstić information content (AvgIpc) is 3.30. The number of rotatable bonds is 8. The summed E-state index contributed by atoms with van der Waals surface area (Å²) in [7, 11) is 0. The van der Waals surface area contributed by atoms with Gasteiger partial charge in [-0.25, -0.2) is 9.97 Å². The molecule has 3 N–H and O–H groups in total. The van der Waals surface area contributed by atoms with E-state index in [-0.39, 0.29) is 35.5 Å². The minimum absolute atomic E-state index is 0.0174. The molecule has 0 radical (unpaired) electrons. The lowest BCUT2D eigenvalue weighted by Gasteiger charge is -2.16. The molecule has 3 aromatic rings. The topological polar surface area (TPSA) is 126 Å². The maximum absolute atomic E-state index is 12.4. The van der Waals surface area contributed by atoms with E-state index in [1.54, 1.807) is 0 Å². The molecule has 0 bridgehead atoms. The molecule has 1 fully saturated rings. The summed E-state index contributed by atoms with van der Waals surface area (Å²) in [4.78, 5) is 33.4. The Morgan fingerprint density at radius 3 is 2.56 bits per heavy atom. The van der Waals surface area contributed by atoms with Crippen LogP contribution in [-0.4, -0.2) is 44.1 Å². The predicted octanol–water partition coefficient (Wildman–Crippen LogP) is 3.43. The first-order chi connectivity index (χ1) is 15.3. The lowest BCUT2D eigenvalue weighted by atomic mass is 10.1. The van der Waals surface area contributed by atoms with Gasteiger partial charge in [0.05, 0.1) is 6.20 Å². The summed E-state index contributed by atoms with van der Waals surface area (Å²) in [5.41, 5.74) is 1.38. The molecule has 32 heavy (non-hydrogen) atoms. The van der Waals surface area contributed by atoms with Crippen molar-refractivity contribution >= 4 is 11.8 Å². The van der Waals surface area contributed by atoms with Gasteiger partial charge in [-0.3, -0.25) is 14.7 Å². The van der Waals surface area contributed by atoms with Gasteiger partial charge in [-0.05, 0) is 50.7 Å². The molecular formula is C23H28N6O3. The maximum Gasteiger partial charge on any atom is 0.288 e. The Kier molecular flexibility index (Phi) is 6.07. The number of carbonyl (C=O) groups excluding carboxylic acids is 2. The van der Waals surface area contributed by atoms with Crippen LogP contribution < -0.4 is 10.6 Å². The largest absolute Gasteiger partial charge is 0.431 e. The molecule has 168 valence electrons. The van der Waals surface area contributed by atoms with Gasteiger partial charge >= 0.3 is 0 Å².